The summed E-state index contributed by atoms with van der Waals surface area (Å²) in [7, 11) is 4.20. The Morgan fingerprint density at radius 3 is 2.73 bits per heavy atom. The van der Waals surface area contributed by atoms with Crippen LogP contribution in [-0.2, 0) is 11.3 Å². The predicted octanol–water partition coefficient (Wildman–Crippen LogP) is 2.15. The van der Waals surface area contributed by atoms with Gasteiger partial charge in [0.2, 0.25) is 5.91 Å². The summed E-state index contributed by atoms with van der Waals surface area (Å²) in [5.41, 5.74) is 1.13. The molecule has 1 aromatic carbocycles. The van der Waals surface area contributed by atoms with E-state index in [-0.39, 0.29) is 5.91 Å². The van der Waals surface area contributed by atoms with Gasteiger partial charge in [0.05, 0.1) is 0 Å². The Bertz CT molecular complexity index is 667. The van der Waals surface area contributed by atoms with E-state index in [1.165, 1.54) is 5.39 Å². The number of carbonyl (C=O) groups is 1. The lowest BCUT2D eigenvalue weighted by Crippen LogP contribution is -2.37. The van der Waals surface area contributed by atoms with E-state index in [0.29, 0.717) is 17.8 Å². The van der Waals surface area contributed by atoms with Gasteiger partial charge in [-0.1, -0.05) is 18.2 Å². The maximum Gasteiger partial charge on any atom is 0.242 e. The number of thioether (sulfide) groups is 1. The standard InChI is InChI=1S/C17H23N3OS/c1-18(2)15-10-20(11-16(15)22-3)17(21)12-19-9-8-13-6-4-5-7-14(13)19/h4-9,15-16H,10-12H2,1-3H3/t15-,16-/m1/s1. The zero-order valence-corrected chi connectivity index (χ0v) is 14.2. The molecule has 118 valence electrons. The molecule has 0 saturated carbocycles. The molecule has 2 atom stereocenters. The van der Waals surface area contributed by atoms with Crippen molar-refractivity contribution in [2.24, 2.45) is 0 Å². The number of carbonyl (C=O) groups excluding carboxylic acids is 1. The molecule has 1 aromatic heterocycles. The van der Waals surface area contributed by atoms with E-state index in [1.807, 2.05) is 35.0 Å². The van der Waals surface area contributed by atoms with Crippen molar-refractivity contribution in [2.75, 3.05) is 33.4 Å². The summed E-state index contributed by atoms with van der Waals surface area (Å²) in [6.45, 7) is 2.10. The molecule has 0 unspecified atom stereocenters. The summed E-state index contributed by atoms with van der Waals surface area (Å²) in [4.78, 5) is 16.9. The van der Waals surface area contributed by atoms with Crippen molar-refractivity contribution in [3.8, 4) is 0 Å². The van der Waals surface area contributed by atoms with E-state index in [0.717, 1.165) is 18.6 Å². The minimum Gasteiger partial charge on any atom is -0.338 e. The van der Waals surface area contributed by atoms with Crippen molar-refractivity contribution in [2.45, 2.75) is 17.8 Å². The van der Waals surface area contributed by atoms with Crippen LogP contribution in [0.5, 0.6) is 0 Å². The van der Waals surface area contributed by atoms with Crippen LogP contribution >= 0.6 is 11.8 Å². The van der Waals surface area contributed by atoms with Gasteiger partial charge in [0.1, 0.15) is 6.54 Å². The Balaban J connectivity index is 1.72. The summed E-state index contributed by atoms with van der Waals surface area (Å²) in [6.07, 6.45) is 4.14. The van der Waals surface area contributed by atoms with Gasteiger partial charge >= 0.3 is 0 Å². The van der Waals surface area contributed by atoms with Crippen molar-refractivity contribution in [1.29, 1.82) is 0 Å². The Labute approximate surface area is 136 Å². The van der Waals surface area contributed by atoms with Crippen molar-refractivity contribution >= 4 is 28.6 Å². The van der Waals surface area contributed by atoms with E-state index in [4.69, 9.17) is 0 Å². The van der Waals surface area contributed by atoms with Crippen molar-refractivity contribution < 1.29 is 4.79 Å². The lowest BCUT2D eigenvalue weighted by Gasteiger charge is -2.23. The van der Waals surface area contributed by atoms with Crippen LogP contribution in [0.25, 0.3) is 10.9 Å². The van der Waals surface area contributed by atoms with Crippen LogP contribution in [-0.4, -0.2) is 65.0 Å². The second-order valence-corrected chi connectivity index (χ2v) is 7.18. The first-order valence-electron chi connectivity index (χ1n) is 7.61. The molecule has 3 rings (SSSR count). The number of hydrogen-bond donors (Lipinski definition) is 0. The van der Waals surface area contributed by atoms with Crippen molar-refractivity contribution in [3.05, 3.63) is 36.5 Å². The van der Waals surface area contributed by atoms with E-state index >= 15 is 0 Å². The number of hydrogen-bond acceptors (Lipinski definition) is 3. The van der Waals surface area contributed by atoms with Gasteiger partial charge in [-0.2, -0.15) is 11.8 Å². The smallest absolute Gasteiger partial charge is 0.242 e. The number of aromatic nitrogens is 1. The topological polar surface area (TPSA) is 28.5 Å². The first-order chi connectivity index (χ1) is 10.6. The average Bonchev–Trinajstić information content (AvgIpc) is 3.12. The van der Waals surface area contributed by atoms with E-state index in [9.17, 15) is 4.79 Å². The fourth-order valence-electron chi connectivity index (χ4n) is 3.21. The molecule has 0 N–H and O–H groups in total. The van der Waals surface area contributed by atoms with Gasteiger partial charge < -0.3 is 14.4 Å². The van der Waals surface area contributed by atoms with Gasteiger partial charge in [-0.3, -0.25) is 4.79 Å². The monoisotopic (exact) mass is 317 g/mol. The molecule has 22 heavy (non-hydrogen) atoms. The number of rotatable bonds is 4. The second kappa shape index (κ2) is 6.34. The molecule has 0 aliphatic carbocycles. The molecule has 1 amide bonds. The predicted molar refractivity (Wildman–Crippen MR) is 93.3 cm³/mol. The Hall–Kier alpha value is -1.46. The molecular formula is C17H23N3OS. The number of nitrogens with zero attached hydrogens (tertiary/aromatic N) is 3. The van der Waals surface area contributed by atoms with Gasteiger partial charge in [-0.25, -0.2) is 0 Å². The number of likely N-dealkylation sites (tertiary alicyclic amines) is 1. The van der Waals surface area contributed by atoms with E-state index in [1.54, 1.807) is 0 Å². The highest BCUT2D eigenvalue weighted by atomic mass is 32.2. The third kappa shape index (κ3) is 2.88. The number of amides is 1. The summed E-state index contributed by atoms with van der Waals surface area (Å²) in [6, 6.07) is 10.7. The highest BCUT2D eigenvalue weighted by molar-refractivity contribution is 7.99. The molecule has 1 fully saturated rings. The highest BCUT2D eigenvalue weighted by Gasteiger charge is 2.35. The van der Waals surface area contributed by atoms with Crippen molar-refractivity contribution in [1.82, 2.24) is 14.4 Å². The Morgan fingerprint density at radius 2 is 2.05 bits per heavy atom. The van der Waals surface area contributed by atoms with Crippen molar-refractivity contribution in [3.63, 3.8) is 0 Å². The number of para-hydroxylation sites is 1. The Morgan fingerprint density at radius 1 is 1.27 bits per heavy atom. The maximum atomic E-state index is 12.7. The maximum absolute atomic E-state index is 12.7. The first-order valence-corrected chi connectivity index (χ1v) is 8.90. The molecular weight excluding hydrogens is 294 g/mol. The summed E-state index contributed by atoms with van der Waals surface area (Å²) in [5, 5.41) is 1.69. The lowest BCUT2D eigenvalue weighted by molar-refractivity contribution is -0.130. The minimum absolute atomic E-state index is 0.213. The molecule has 2 aromatic rings. The van der Waals surface area contributed by atoms with Crippen LogP contribution in [0.15, 0.2) is 36.5 Å². The van der Waals surface area contributed by atoms with Crippen LogP contribution in [0.2, 0.25) is 0 Å². The lowest BCUT2D eigenvalue weighted by atomic mass is 10.2. The Kier molecular flexibility index (Phi) is 4.45. The molecule has 4 nitrogen and oxygen atoms in total. The first kappa shape index (κ1) is 15.4. The van der Waals surface area contributed by atoms with E-state index in [2.05, 4.69) is 48.0 Å². The molecule has 2 heterocycles. The number of fused-ring (bicyclic) bond motifs is 1. The van der Waals surface area contributed by atoms with Gasteiger partial charge in [-0.05, 0) is 37.9 Å². The number of likely N-dealkylation sites (N-methyl/N-ethyl adjacent to an activating group) is 1. The largest absolute Gasteiger partial charge is 0.338 e. The van der Waals surface area contributed by atoms with Gasteiger partial charge in [0, 0.05) is 36.1 Å². The average molecular weight is 317 g/mol. The fourth-order valence-corrected chi connectivity index (χ4v) is 4.18. The number of benzene rings is 1. The molecule has 0 spiro atoms. The van der Waals surface area contributed by atoms with Crippen LogP contribution in [0.4, 0.5) is 0 Å². The summed E-state index contributed by atoms with van der Waals surface area (Å²) >= 11 is 1.86. The minimum atomic E-state index is 0.213. The van der Waals surface area contributed by atoms with Crippen LogP contribution in [0.1, 0.15) is 0 Å². The van der Waals surface area contributed by atoms with Crippen LogP contribution in [0, 0.1) is 0 Å². The van der Waals surface area contributed by atoms with E-state index < -0.39 is 0 Å². The van der Waals surface area contributed by atoms with Crippen LogP contribution in [0.3, 0.4) is 0 Å². The second-order valence-electron chi connectivity index (χ2n) is 6.11. The zero-order chi connectivity index (χ0) is 15.7. The highest BCUT2D eigenvalue weighted by Crippen LogP contribution is 2.24. The van der Waals surface area contributed by atoms with Gasteiger partial charge in [0.15, 0.2) is 0 Å². The third-order valence-electron chi connectivity index (χ3n) is 4.54. The molecule has 5 heteroatoms. The molecule has 1 aliphatic heterocycles. The molecule has 1 aliphatic rings. The SMILES string of the molecule is CS[C@@H]1CN(C(=O)Cn2ccc3ccccc32)C[C@H]1N(C)C. The quantitative estimate of drug-likeness (QED) is 0.865. The zero-order valence-electron chi connectivity index (χ0n) is 13.4. The summed E-state index contributed by atoms with van der Waals surface area (Å²) < 4.78 is 2.05. The molecule has 0 radical (unpaired) electrons. The fraction of sp³-hybridized carbons (Fsp3) is 0.471. The van der Waals surface area contributed by atoms with Crippen LogP contribution < -0.4 is 0 Å². The van der Waals surface area contributed by atoms with Gasteiger partial charge in [0.25, 0.3) is 0 Å². The molecule has 0 bridgehead atoms. The normalized spacial score (nSPS) is 21.9. The van der Waals surface area contributed by atoms with Gasteiger partial charge in [-0.15, -0.1) is 0 Å². The third-order valence-corrected chi connectivity index (χ3v) is 5.61. The molecule has 1 saturated heterocycles. The summed E-state index contributed by atoms with van der Waals surface area (Å²) in [5.74, 6) is 0.213.